The van der Waals surface area contributed by atoms with E-state index in [0.29, 0.717) is 34.0 Å². The Kier molecular flexibility index (Phi) is 5.09. The van der Waals surface area contributed by atoms with E-state index in [9.17, 15) is 15.0 Å². The molecule has 4 aromatic rings. The van der Waals surface area contributed by atoms with Crippen molar-refractivity contribution < 1.29 is 19.7 Å². The van der Waals surface area contributed by atoms with Crippen LogP contribution in [-0.2, 0) is 0 Å². The Morgan fingerprint density at radius 3 is 2.50 bits per heavy atom. The number of benzene rings is 3. The molecule has 1 atom stereocenters. The average Bonchev–Trinajstić information content (AvgIpc) is 3.35. The predicted octanol–water partition coefficient (Wildman–Crippen LogP) is 4.11. The fraction of sp³-hybridized carbons (Fsp3) is 0.120. The number of amides is 1. The third-order valence-corrected chi connectivity index (χ3v) is 5.52. The standard InChI is InChI=1S/C25H21N3O4/c29-14-13-28-24(16-7-6-10-18(15-16)32-17-8-2-1-3-9-17)21-22(26-27-23(21)25(28)31)19-11-4-5-12-20(19)30/h1-12,15,24,29-30H,13-14H2,(H,26,27)/t24-/m0/s1. The van der Waals surface area contributed by atoms with Gasteiger partial charge in [0.2, 0.25) is 0 Å². The summed E-state index contributed by atoms with van der Waals surface area (Å²) < 4.78 is 5.99. The number of carbonyl (C=O) groups excluding carboxylic acids is 1. The number of H-pyrrole nitrogens is 1. The first-order chi connectivity index (χ1) is 15.7. The number of aromatic hydroxyl groups is 1. The lowest BCUT2D eigenvalue weighted by atomic mass is 9.95. The smallest absolute Gasteiger partial charge is 0.273 e. The highest BCUT2D eigenvalue weighted by molar-refractivity contribution is 6.00. The lowest BCUT2D eigenvalue weighted by molar-refractivity contribution is 0.0706. The van der Waals surface area contributed by atoms with E-state index in [4.69, 9.17) is 4.74 Å². The molecule has 7 heteroatoms. The number of nitrogens with one attached hydrogen (secondary N) is 1. The lowest BCUT2D eigenvalue weighted by Crippen LogP contribution is -2.32. The van der Waals surface area contributed by atoms with Gasteiger partial charge in [-0.15, -0.1) is 0 Å². The number of rotatable bonds is 6. The molecular weight excluding hydrogens is 406 g/mol. The number of aliphatic hydroxyl groups excluding tert-OH is 1. The second kappa shape index (κ2) is 8.20. The monoisotopic (exact) mass is 427 g/mol. The molecular formula is C25H21N3O4. The van der Waals surface area contributed by atoms with Gasteiger partial charge in [0.15, 0.2) is 0 Å². The van der Waals surface area contributed by atoms with Crippen LogP contribution in [0.25, 0.3) is 11.3 Å². The van der Waals surface area contributed by atoms with Crippen molar-refractivity contribution in [3.8, 4) is 28.5 Å². The second-order valence-corrected chi connectivity index (χ2v) is 7.49. The number of hydrogen-bond acceptors (Lipinski definition) is 5. The number of β-amino-alcohol motifs (C(OH)–C–C–N with tert-alkyl or cyclic N) is 1. The minimum absolute atomic E-state index is 0.0785. The first kappa shape index (κ1) is 19.8. The normalized spacial score (nSPS) is 15.1. The van der Waals surface area contributed by atoms with Crippen molar-refractivity contribution in [3.05, 3.63) is 95.7 Å². The quantitative estimate of drug-likeness (QED) is 0.430. The maximum Gasteiger partial charge on any atom is 0.273 e. The van der Waals surface area contributed by atoms with Crippen molar-refractivity contribution in [2.24, 2.45) is 0 Å². The van der Waals surface area contributed by atoms with E-state index in [-0.39, 0.29) is 24.8 Å². The zero-order valence-electron chi connectivity index (χ0n) is 17.1. The van der Waals surface area contributed by atoms with Gasteiger partial charge in [0.05, 0.1) is 12.6 Å². The summed E-state index contributed by atoms with van der Waals surface area (Å²) in [4.78, 5) is 14.7. The van der Waals surface area contributed by atoms with Gasteiger partial charge in [0, 0.05) is 17.7 Å². The summed E-state index contributed by atoms with van der Waals surface area (Å²) in [6.07, 6.45) is 0. The molecule has 3 aromatic carbocycles. The second-order valence-electron chi connectivity index (χ2n) is 7.49. The van der Waals surface area contributed by atoms with Crippen LogP contribution in [-0.4, -0.2) is 44.4 Å². The predicted molar refractivity (Wildman–Crippen MR) is 119 cm³/mol. The molecule has 0 aliphatic carbocycles. The van der Waals surface area contributed by atoms with Crippen LogP contribution in [0.5, 0.6) is 17.2 Å². The van der Waals surface area contributed by atoms with Crippen LogP contribution in [0.4, 0.5) is 0 Å². The number of aromatic amines is 1. The van der Waals surface area contributed by atoms with Crippen molar-refractivity contribution in [2.45, 2.75) is 6.04 Å². The summed E-state index contributed by atoms with van der Waals surface area (Å²) >= 11 is 0. The summed E-state index contributed by atoms with van der Waals surface area (Å²) in [6.45, 7) is -0.0118. The molecule has 32 heavy (non-hydrogen) atoms. The van der Waals surface area contributed by atoms with Gasteiger partial charge in [-0.1, -0.05) is 42.5 Å². The molecule has 7 nitrogen and oxygen atoms in total. The van der Waals surface area contributed by atoms with Gasteiger partial charge in [0.1, 0.15) is 28.6 Å². The van der Waals surface area contributed by atoms with Crippen molar-refractivity contribution >= 4 is 5.91 Å². The minimum Gasteiger partial charge on any atom is -0.507 e. The summed E-state index contributed by atoms with van der Waals surface area (Å²) in [5, 5.41) is 27.2. The molecule has 3 N–H and O–H groups in total. The van der Waals surface area contributed by atoms with E-state index in [1.54, 1.807) is 23.1 Å². The lowest BCUT2D eigenvalue weighted by Gasteiger charge is -2.26. The summed E-state index contributed by atoms with van der Waals surface area (Å²) in [7, 11) is 0. The Hall–Kier alpha value is -4.10. The minimum atomic E-state index is -0.489. The Morgan fingerprint density at radius 2 is 1.72 bits per heavy atom. The summed E-state index contributed by atoms with van der Waals surface area (Å²) in [5.74, 6) is 1.17. The van der Waals surface area contributed by atoms with Crippen LogP contribution < -0.4 is 4.74 Å². The first-order valence-corrected chi connectivity index (χ1v) is 10.3. The highest BCUT2D eigenvalue weighted by Gasteiger charge is 2.42. The van der Waals surface area contributed by atoms with E-state index in [1.165, 1.54) is 0 Å². The fourth-order valence-electron chi connectivity index (χ4n) is 4.13. The molecule has 1 aromatic heterocycles. The number of hydrogen-bond donors (Lipinski definition) is 3. The highest BCUT2D eigenvalue weighted by Crippen LogP contribution is 2.44. The van der Waals surface area contributed by atoms with E-state index in [2.05, 4.69) is 10.2 Å². The summed E-state index contributed by atoms with van der Waals surface area (Å²) in [5.41, 5.74) is 2.88. The van der Waals surface area contributed by atoms with Gasteiger partial charge in [-0.2, -0.15) is 5.10 Å². The average molecular weight is 427 g/mol. The van der Waals surface area contributed by atoms with Crippen LogP contribution in [0, 0.1) is 0 Å². The SMILES string of the molecule is O=C1c2[nH]nc(-c3ccccc3O)c2[C@H](c2cccc(Oc3ccccc3)c2)N1CCO. The molecule has 0 saturated carbocycles. The number of phenolic OH excluding ortho intramolecular Hbond substituents is 1. The number of fused-ring (bicyclic) bond motifs is 1. The molecule has 160 valence electrons. The van der Waals surface area contributed by atoms with Crippen molar-refractivity contribution in [2.75, 3.05) is 13.2 Å². The Labute approximate surface area is 184 Å². The number of aromatic nitrogens is 2. The van der Waals surface area contributed by atoms with Gasteiger partial charge in [-0.25, -0.2) is 0 Å². The molecule has 0 spiro atoms. The van der Waals surface area contributed by atoms with Gasteiger partial charge < -0.3 is 19.8 Å². The number of ether oxygens (including phenoxy) is 1. The van der Waals surface area contributed by atoms with Crippen LogP contribution in [0.3, 0.4) is 0 Å². The summed E-state index contributed by atoms with van der Waals surface area (Å²) in [6, 6.07) is 23.4. The molecule has 0 radical (unpaired) electrons. The van der Waals surface area contributed by atoms with Gasteiger partial charge in [-0.3, -0.25) is 9.89 Å². The molecule has 0 fully saturated rings. The van der Waals surface area contributed by atoms with Gasteiger partial charge >= 0.3 is 0 Å². The van der Waals surface area contributed by atoms with Crippen LogP contribution in [0.2, 0.25) is 0 Å². The zero-order valence-corrected chi connectivity index (χ0v) is 17.1. The number of para-hydroxylation sites is 2. The van der Waals surface area contributed by atoms with Crippen LogP contribution in [0.1, 0.15) is 27.7 Å². The number of nitrogens with zero attached hydrogens (tertiary/aromatic N) is 2. The van der Waals surface area contributed by atoms with Gasteiger partial charge in [0.25, 0.3) is 5.91 Å². The van der Waals surface area contributed by atoms with Crippen molar-refractivity contribution in [1.29, 1.82) is 0 Å². The zero-order chi connectivity index (χ0) is 22.1. The molecule has 1 aliphatic rings. The van der Waals surface area contributed by atoms with E-state index in [1.807, 2.05) is 60.7 Å². The first-order valence-electron chi connectivity index (χ1n) is 10.3. The highest BCUT2D eigenvalue weighted by atomic mass is 16.5. The Balaban J connectivity index is 1.61. The number of carbonyl (C=O) groups is 1. The Morgan fingerprint density at radius 1 is 0.969 bits per heavy atom. The fourth-order valence-corrected chi connectivity index (χ4v) is 4.13. The Bertz CT molecular complexity index is 1270. The third-order valence-electron chi connectivity index (χ3n) is 5.52. The van der Waals surface area contributed by atoms with Crippen LogP contribution >= 0.6 is 0 Å². The third kappa shape index (κ3) is 3.38. The number of phenols is 1. The topological polar surface area (TPSA) is 98.7 Å². The molecule has 0 bridgehead atoms. The maximum atomic E-state index is 13.1. The molecule has 1 aliphatic heterocycles. The van der Waals surface area contributed by atoms with Crippen molar-refractivity contribution in [3.63, 3.8) is 0 Å². The molecule has 0 saturated heterocycles. The molecule has 1 amide bonds. The van der Waals surface area contributed by atoms with Gasteiger partial charge in [-0.05, 0) is 42.0 Å². The van der Waals surface area contributed by atoms with E-state index in [0.717, 1.165) is 5.56 Å². The largest absolute Gasteiger partial charge is 0.507 e. The molecule has 2 heterocycles. The van der Waals surface area contributed by atoms with Crippen LogP contribution in [0.15, 0.2) is 78.9 Å². The maximum absolute atomic E-state index is 13.1. The number of aliphatic hydroxyl groups is 1. The molecule has 0 unspecified atom stereocenters. The molecule has 5 rings (SSSR count). The van der Waals surface area contributed by atoms with Crippen molar-refractivity contribution in [1.82, 2.24) is 15.1 Å². The van der Waals surface area contributed by atoms with E-state index < -0.39 is 6.04 Å². The van der Waals surface area contributed by atoms with E-state index >= 15 is 0 Å².